The zero-order chi connectivity index (χ0) is 45.1. The van der Waals surface area contributed by atoms with Crippen molar-refractivity contribution in [1.29, 1.82) is 0 Å². The number of aryl methyl sites for hydroxylation is 1. The van der Waals surface area contributed by atoms with Gasteiger partial charge in [-0.1, -0.05) is 82.0 Å². The van der Waals surface area contributed by atoms with Gasteiger partial charge in [-0.25, -0.2) is 0 Å². The Labute approximate surface area is 379 Å². The first-order valence-corrected chi connectivity index (χ1v) is 26.2. The molecule has 1 amide bonds. The Morgan fingerprint density at radius 1 is 1.05 bits per heavy atom. The maximum atomic E-state index is 14.1. The van der Waals surface area contributed by atoms with Gasteiger partial charge in [0.1, 0.15) is 17.6 Å². The van der Waals surface area contributed by atoms with Crippen molar-refractivity contribution in [3.8, 4) is 11.5 Å². The van der Waals surface area contributed by atoms with E-state index in [9.17, 15) is 19.5 Å². The quantitative estimate of drug-likeness (QED) is 0.0744. The number of phenols is 1. The number of ether oxygens (including phenoxy) is 2. The van der Waals surface area contributed by atoms with Crippen LogP contribution in [0, 0.1) is 5.92 Å². The second-order valence-corrected chi connectivity index (χ2v) is 24.8. The highest BCUT2D eigenvalue weighted by Crippen LogP contribution is 2.44. The average Bonchev–Trinajstić information content (AvgIpc) is 3.26. The van der Waals surface area contributed by atoms with Gasteiger partial charge in [0.05, 0.1) is 34.7 Å². The summed E-state index contributed by atoms with van der Waals surface area (Å²) in [6, 6.07) is 18.6. The number of nitrogens with zero attached hydrogens (tertiary/aromatic N) is 2. The van der Waals surface area contributed by atoms with Gasteiger partial charge in [0.2, 0.25) is 5.56 Å². The number of rotatable bonds is 16. The molecule has 1 saturated carbocycles. The summed E-state index contributed by atoms with van der Waals surface area (Å²) in [5.74, 6) is 0.780. The highest BCUT2D eigenvalue weighted by atomic mass is 35.5. The number of hydrogen-bond acceptors (Lipinski definition) is 9. The Kier molecular flexibility index (Phi) is 14.5. The highest BCUT2D eigenvalue weighted by Gasteiger charge is 2.46. The van der Waals surface area contributed by atoms with E-state index in [1.54, 1.807) is 43.3 Å². The molecule has 13 heteroatoms. The first-order chi connectivity index (χ1) is 30.0. The molecule has 4 aliphatic rings. The SMILES string of the molecule is COc1cc(C(=O)N(C)CCCc2cccc(C3(C(=O)O[C@H]4CN5CCC4CC5)CCCCC3)c2)c(Cl)cc1CNC[C@H](O[Si](C)(C)C(C)(C)C)c1ccc(O)c2[nH]c(=O)ccc12. The van der Waals surface area contributed by atoms with E-state index >= 15 is 0 Å². The molecule has 4 heterocycles. The van der Waals surface area contributed by atoms with Gasteiger partial charge < -0.3 is 34.2 Å². The number of hydrogen-bond donors (Lipinski definition) is 3. The van der Waals surface area contributed by atoms with E-state index in [1.807, 2.05) is 6.07 Å². The van der Waals surface area contributed by atoms with Gasteiger partial charge in [-0.3, -0.25) is 19.3 Å². The first-order valence-electron chi connectivity index (χ1n) is 22.9. The second kappa shape index (κ2) is 19.5. The molecule has 11 nitrogen and oxygen atoms in total. The normalized spacial score (nSPS) is 20.3. The van der Waals surface area contributed by atoms with Gasteiger partial charge in [0.25, 0.3) is 5.91 Å². The summed E-state index contributed by atoms with van der Waals surface area (Å²) in [6.07, 6.45) is 8.15. The van der Waals surface area contributed by atoms with Crippen molar-refractivity contribution in [3.63, 3.8) is 0 Å². The van der Waals surface area contributed by atoms with Crippen LogP contribution in [0.25, 0.3) is 10.9 Å². The van der Waals surface area contributed by atoms with Crippen LogP contribution in [0.15, 0.2) is 65.5 Å². The third-order valence-electron chi connectivity index (χ3n) is 14.5. The predicted octanol–water partition coefficient (Wildman–Crippen LogP) is 9.29. The van der Waals surface area contributed by atoms with Crippen molar-refractivity contribution in [2.45, 2.75) is 121 Å². The molecule has 0 unspecified atom stereocenters. The standard InChI is InChI=1S/C50H67ClN4O7Si/c1-49(2,3)63(6,7)62-43(37-16-18-41(56)46-38(37)17-19-45(57)53-46)31-52-30-35-28-40(51)39(29-42(35)60-5)47(58)54(4)24-12-14-33-13-11-15-36(27-33)50(22-9-8-10-23-50)48(59)61-44-32-55-25-20-34(44)21-26-55/h11,13,15-19,27-29,34,43-44,52,56H,8-10,12,14,20-26,30-32H2,1-7H3,(H,53,57)/t43-,44-/m0/s1. The number of nitrogens with one attached hydrogen (secondary N) is 2. The lowest BCUT2D eigenvalue weighted by Gasteiger charge is -2.45. The van der Waals surface area contributed by atoms with Crippen LogP contribution in [-0.2, 0) is 32.3 Å². The summed E-state index contributed by atoms with van der Waals surface area (Å²) in [6.45, 7) is 15.4. The number of H-pyrrole nitrogens is 1. The molecule has 1 aliphatic carbocycles. The van der Waals surface area contributed by atoms with Crippen LogP contribution in [0.2, 0.25) is 23.2 Å². The number of fused-ring (bicyclic) bond motifs is 4. The smallest absolute Gasteiger partial charge is 0.316 e. The molecule has 3 aromatic carbocycles. The summed E-state index contributed by atoms with van der Waals surface area (Å²) in [5, 5.41) is 15.1. The molecule has 1 aromatic heterocycles. The van der Waals surface area contributed by atoms with Crippen LogP contribution in [0.5, 0.6) is 11.5 Å². The molecule has 2 bridgehead atoms. The van der Waals surface area contributed by atoms with Crippen molar-refractivity contribution in [2.75, 3.05) is 46.9 Å². The van der Waals surface area contributed by atoms with Gasteiger partial charge in [-0.05, 0) is 117 Å². The fraction of sp³-hybridized carbons (Fsp3) is 0.540. The molecule has 2 atom stereocenters. The van der Waals surface area contributed by atoms with Crippen molar-refractivity contribution in [1.82, 2.24) is 20.1 Å². The average molecular weight is 900 g/mol. The Balaban J connectivity index is 0.992. The number of carbonyl (C=O) groups is 2. The maximum Gasteiger partial charge on any atom is 0.316 e. The summed E-state index contributed by atoms with van der Waals surface area (Å²) >= 11 is 6.86. The van der Waals surface area contributed by atoms with Crippen LogP contribution in [0.4, 0.5) is 0 Å². The Hall–Kier alpha value is -4.20. The number of amides is 1. The third-order valence-corrected chi connectivity index (χ3v) is 19.3. The maximum absolute atomic E-state index is 14.1. The van der Waals surface area contributed by atoms with Gasteiger partial charge in [0, 0.05) is 50.2 Å². The number of aromatic hydroxyl groups is 1. The van der Waals surface area contributed by atoms with Gasteiger partial charge in [-0.2, -0.15) is 0 Å². The van der Waals surface area contributed by atoms with Crippen molar-refractivity contribution in [2.24, 2.45) is 5.92 Å². The molecule has 8 rings (SSSR count). The van der Waals surface area contributed by atoms with Crippen LogP contribution < -0.4 is 15.6 Å². The van der Waals surface area contributed by atoms with E-state index in [4.69, 9.17) is 25.5 Å². The lowest BCUT2D eigenvalue weighted by Crippen LogP contribution is -2.53. The highest BCUT2D eigenvalue weighted by molar-refractivity contribution is 6.74. The number of pyridine rings is 1. The molecular formula is C50H67ClN4O7Si. The van der Waals surface area contributed by atoms with Crippen LogP contribution in [-0.4, -0.2) is 93.1 Å². The van der Waals surface area contributed by atoms with E-state index in [-0.39, 0.29) is 34.3 Å². The van der Waals surface area contributed by atoms with Crippen molar-refractivity contribution in [3.05, 3.63) is 104 Å². The molecular weight excluding hydrogens is 832 g/mol. The summed E-state index contributed by atoms with van der Waals surface area (Å²) in [4.78, 5) is 47.1. The number of aromatic nitrogens is 1. The molecule has 63 heavy (non-hydrogen) atoms. The predicted molar refractivity (Wildman–Crippen MR) is 252 cm³/mol. The van der Waals surface area contributed by atoms with Crippen LogP contribution in [0.1, 0.15) is 111 Å². The third kappa shape index (κ3) is 10.4. The number of halogens is 1. The summed E-state index contributed by atoms with van der Waals surface area (Å²) in [7, 11) is 1.09. The largest absolute Gasteiger partial charge is 0.506 e. The minimum Gasteiger partial charge on any atom is -0.506 e. The summed E-state index contributed by atoms with van der Waals surface area (Å²) in [5.41, 5.74) is 3.70. The van der Waals surface area contributed by atoms with Crippen LogP contribution >= 0.6 is 11.6 Å². The number of aromatic amines is 1. The molecule has 0 spiro atoms. The van der Waals surface area contributed by atoms with E-state index in [1.165, 1.54) is 6.07 Å². The molecule has 3 N–H and O–H groups in total. The topological polar surface area (TPSA) is 133 Å². The Morgan fingerprint density at radius 3 is 2.48 bits per heavy atom. The molecule has 0 radical (unpaired) electrons. The summed E-state index contributed by atoms with van der Waals surface area (Å²) < 4.78 is 19.2. The molecule has 4 fully saturated rings. The van der Waals surface area contributed by atoms with Gasteiger partial charge >= 0.3 is 5.97 Å². The van der Waals surface area contributed by atoms with Gasteiger partial charge in [-0.15, -0.1) is 0 Å². The Bertz CT molecular complexity index is 2330. The fourth-order valence-electron chi connectivity index (χ4n) is 9.62. The number of piperidine rings is 3. The number of esters is 1. The van der Waals surface area contributed by atoms with Gasteiger partial charge in [0.15, 0.2) is 8.32 Å². The lowest BCUT2D eigenvalue weighted by molar-refractivity contribution is -0.167. The van der Waals surface area contributed by atoms with Crippen LogP contribution in [0.3, 0.4) is 0 Å². The molecule has 340 valence electrons. The zero-order valence-electron chi connectivity index (χ0n) is 38.3. The van der Waals surface area contributed by atoms with Crippen molar-refractivity contribution >= 4 is 42.7 Å². The minimum atomic E-state index is -2.29. The number of benzene rings is 3. The molecule has 4 aromatic rings. The monoisotopic (exact) mass is 898 g/mol. The first kappa shape index (κ1) is 46.8. The number of methoxy groups -OCH3 is 1. The lowest BCUT2D eigenvalue weighted by atomic mass is 9.69. The van der Waals surface area contributed by atoms with E-state index in [0.29, 0.717) is 52.8 Å². The second-order valence-electron chi connectivity index (χ2n) is 19.7. The fourth-order valence-corrected chi connectivity index (χ4v) is 11.2. The number of phenolic OH excluding ortho intramolecular Hbond substituents is 1. The molecule has 3 aliphatic heterocycles. The van der Waals surface area contributed by atoms with E-state index in [2.05, 4.69) is 73.3 Å². The van der Waals surface area contributed by atoms with E-state index < -0.39 is 19.8 Å². The van der Waals surface area contributed by atoms with E-state index in [0.717, 1.165) is 99.7 Å². The zero-order valence-corrected chi connectivity index (χ0v) is 40.0. The Morgan fingerprint density at radius 2 is 1.79 bits per heavy atom. The minimum absolute atomic E-state index is 0.00245. The van der Waals surface area contributed by atoms with Crippen molar-refractivity contribution < 1.29 is 28.6 Å². The number of carbonyl (C=O) groups excluding carboxylic acids is 2. The molecule has 3 saturated heterocycles.